The lowest BCUT2D eigenvalue weighted by Gasteiger charge is -2.37. The van der Waals surface area contributed by atoms with Crippen LogP contribution in [0.15, 0.2) is 12.4 Å². The summed E-state index contributed by atoms with van der Waals surface area (Å²) in [5.74, 6) is -0.0836. The van der Waals surface area contributed by atoms with E-state index in [0.29, 0.717) is 13.0 Å². The minimum absolute atomic E-state index is 0.00203. The van der Waals surface area contributed by atoms with Gasteiger partial charge in [0.2, 0.25) is 11.8 Å². The largest absolute Gasteiger partial charge is 0.343 e. The molecule has 1 aromatic rings. The fraction of sp³-hybridized carbons (Fsp3) is 0.615. The lowest BCUT2D eigenvalue weighted by atomic mass is 10.0. The third-order valence-corrected chi connectivity index (χ3v) is 3.43. The number of piperazine rings is 1. The van der Waals surface area contributed by atoms with E-state index in [1.54, 1.807) is 22.7 Å². The molecule has 1 aliphatic heterocycles. The number of aryl methyl sites for hydroxylation is 1. The molecule has 0 radical (unpaired) electrons. The maximum atomic E-state index is 12.4. The van der Waals surface area contributed by atoms with E-state index in [9.17, 15) is 9.59 Å². The first-order valence-corrected chi connectivity index (χ1v) is 6.61. The quantitative estimate of drug-likeness (QED) is 0.858. The minimum atomic E-state index is -0.430. The molecule has 2 unspecified atom stereocenters. The van der Waals surface area contributed by atoms with Crippen LogP contribution in [0.3, 0.4) is 0 Å². The zero-order chi connectivity index (χ0) is 14.0. The molecule has 6 heteroatoms. The Morgan fingerprint density at radius 1 is 1.42 bits per heavy atom. The van der Waals surface area contributed by atoms with Crippen LogP contribution in [0.1, 0.15) is 32.3 Å². The molecule has 0 bridgehead atoms. The number of nitrogens with zero attached hydrogens (tertiary/aromatic N) is 3. The van der Waals surface area contributed by atoms with E-state index in [0.717, 1.165) is 12.0 Å². The second-order valence-corrected chi connectivity index (χ2v) is 5.01. The summed E-state index contributed by atoms with van der Waals surface area (Å²) in [7, 11) is 1.83. The summed E-state index contributed by atoms with van der Waals surface area (Å²) >= 11 is 0. The first kappa shape index (κ1) is 13.6. The molecule has 0 spiro atoms. The number of nitrogens with one attached hydrogen (secondary N) is 1. The molecular formula is C13H20N4O2. The highest BCUT2D eigenvalue weighted by atomic mass is 16.2. The average molecular weight is 264 g/mol. The van der Waals surface area contributed by atoms with Gasteiger partial charge < -0.3 is 10.2 Å². The van der Waals surface area contributed by atoms with E-state index in [2.05, 4.69) is 10.4 Å². The second-order valence-electron chi connectivity index (χ2n) is 5.01. The number of rotatable bonds is 4. The third-order valence-electron chi connectivity index (χ3n) is 3.43. The monoisotopic (exact) mass is 264 g/mol. The number of carbonyl (C=O) groups is 2. The fourth-order valence-corrected chi connectivity index (χ4v) is 2.34. The molecule has 2 amide bonds. The van der Waals surface area contributed by atoms with E-state index in [4.69, 9.17) is 0 Å². The van der Waals surface area contributed by atoms with Gasteiger partial charge in [-0.15, -0.1) is 0 Å². The summed E-state index contributed by atoms with van der Waals surface area (Å²) in [6.07, 6.45) is 5.13. The summed E-state index contributed by atoms with van der Waals surface area (Å²) < 4.78 is 1.69. The van der Waals surface area contributed by atoms with E-state index in [-0.39, 0.29) is 17.9 Å². The second kappa shape index (κ2) is 5.42. The van der Waals surface area contributed by atoms with Crippen LogP contribution in [0, 0.1) is 0 Å². The lowest BCUT2D eigenvalue weighted by Crippen LogP contribution is -2.61. The van der Waals surface area contributed by atoms with Gasteiger partial charge in [0, 0.05) is 25.4 Å². The molecule has 0 aromatic carbocycles. The molecule has 1 N–H and O–H groups in total. The van der Waals surface area contributed by atoms with Gasteiger partial charge in [0.1, 0.15) is 12.1 Å². The highest BCUT2D eigenvalue weighted by Gasteiger charge is 2.37. The minimum Gasteiger partial charge on any atom is -0.343 e. The summed E-state index contributed by atoms with van der Waals surface area (Å²) in [6.45, 7) is 4.19. The maximum Gasteiger partial charge on any atom is 0.246 e. The molecule has 2 heterocycles. The molecular weight excluding hydrogens is 244 g/mol. The van der Waals surface area contributed by atoms with Crippen LogP contribution < -0.4 is 5.32 Å². The van der Waals surface area contributed by atoms with Crippen LogP contribution >= 0.6 is 0 Å². The Hall–Kier alpha value is -1.85. The Kier molecular flexibility index (Phi) is 3.87. The fourth-order valence-electron chi connectivity index (χ4n) is 2.34. The predicted molar refractivity (Wildman–Crippen MR) is 70.1 cm³/mol. The number of hydrogen-bond acceptors (Lipinski definition) is 3. The normalized spacial score (nSPS) is 23.6. The number of amides is 2. The Morgan fingerprint density at radius 3 is 2.74 bits per heavy atom. The molecule has 19 heavy (non-hydrogen) atoms. The zero-order valence-corrected chi connectivity index (χ0v) is 11.6. The van der Waals surface area contributed by atoms with Gasteiger partial charge in [0.25, 0.3) is 0 Å². The molecule has 1 fully saturated rings. The van der Waals surface area contributed by atoms with Crippen molar-refractivity contribution in [3.8, 4) is 0 Å². The standard InChI is InChI=1S/C13H20N4O2/c1-4-5-11-13(19)17(9(2)12(18)15-11)8-10-6-14-16(3)7-10/h6-7,9,11H,4-5,8H2,1-3H3,(H,15,18). The molecule has 1 aliphatic rings. The highest BCUT2D eigenvalue weighted by Crippen LogP contribution is 2.16. The summed E-state index contributed by atoms with van der Waals surface area (Å²) in [5.41, 5.74) is 0.938. The molecule has 0 aliphatic carbocycles. The van der Waals surface area contributed by atoms with Gasteiger partial charge in [0.15, 0.2) is 0 Å². The molecule has 6 nitrogen and oxygen atoms in total. The molecule has 2 atom stereocenters. The Balaban J connectivity index is 2.15. The van der Waals surface area contributed by atoms with Crippen molar-refractivity contribution in [1.29, 1.82) is 0 Å². The van der Waals surface area contributed by atoms with Gasteiger partial charge in [-0.05, 0) is 13.3 Å². The van der Waals surface area contributed by atoms with Crippen LogP contribution in [0.5, 0.6) is 0 Å². The van der Waals surface area contributed by atoms with Crippen molar-refractivity contribution >= 4 is 11.8 Å². The molecule has 2 rings (SSSR count). The predicted octanol–water partition coefficient (Wildman–Crippen LogP) is 0.436. The third kappa shape index (κ3) is 2.77. The Morgan fingerprint density at radius 2 is 2.16 bits per heavy atom. The number of carbonyl (C=O) groups excluding carboxylic acids is 2. The van der Waals surface area contributed by atoms with E-state index in [1.165, 1.54) is 0 Å². The smallest absolute Gasteiger partial charge is 0.246 e. The van der Waals surface area contributed by atoms with Crippen LogP contribution in [0.25, 0.3) is 0 Å². The first-order valence-electron chi connectivity index (χ1n) is 6.61. The van der Waals surface area contributed by atoms with Gasteiger partial charge in [-0.1, -0.05) is 13.3 Å². The molecule has 104 valence electrons. The number of hydrogen-bond donors (Lipinski definition) is 1. The van der Waals surface area contributed by atoms with Crippen molar-refractivity contribution in [1.82, 2.24) is 20.0 Å². The number of aromatic nitrogens is 2. The zero-order valence-electron chi connectivity index (χ0n) is 11.6. The maximum absolute atomic E-state index is 12.4. The molecule has 0 saturated carbocycles. The van der Waals surface area contributed by atoms with Gasteiger partial charge >= 0.3 is 0 Å². The van der Waals surface area contributed by atoms with Crippen molar-refractivity contribution in [2.45, 2.75) is 45.3 Å². The Bertz CT molecular complexity index is 483. The van der Waals surface area contributed by atoms with Crippen LogP contribution in [0.2, 0.25) is 0 Å². The van der Waals surface area contributed by atoms with Gasteiger partial charge in [-0.2, -0.15) is 5.10 Å². The van der Waals surface area contributed by atoms with Crippen molar-refractivity contribution in [3.63, 3.8) is 0 Å². The van der Waals surface area contributed by atoms with Gasteiger partial charge in [-0.3, -0.25) is 14.3 Å². The summed E-state index contributed by atoms with van der Waals surface area (Å²) in [4.78, 5) is 25.9. The van der Waals surface area contributed by atoms with Gasteiger partial charge in [-0.25, -0.2) is 0 Å². The van der Waals surface area contributed by atoms with Crippen molar-refractivity contribution < 1.29 is 9.59 Å². The van der Waals surface area contributed by atoms with Crippen molar-refractivity contribution in [3.05, 3.63) is 18.0 Å². The summed E-state index contributed by atoms with van der Waals surface area (Å²) in [6, 6.07) is -0.814. The SMILES string of the molecule is CCCC1NC(=O)C(C)N(Cc2cnn(C)c2)C1=O. The van der Waals surface area contributed by atoms with E-state index in [1.807, 2.05) is 20.2 Å². The summed E-state index contributed by atoms with van der Waals surface area (Å²) in [5, 5.41) is 6.87. The Labute approximate surface area is 112 Å². The van der Waals surface area contributed by atoms with E-state index < -0.39 is 6.04 Å². The van der Waals surface area contributed by atoms with Gasteiger partial charge in [0.05, 0.1) is 6.20 Å². The van der Waals surface area contributed by atoms with Crippen LogP contribution in [-0.2, 0) is 23.2 Å². The highest BCUT2D eigenvalue weighted by molar-refractivity contribution is 5.96. The molecule has 1 aromatic heterocycles. The van der Waals surface area contributed by atoms with E-state index >= 15 is 0 Å². The molecule has 1 saturated heterocycles. The van der Waals surface area contributed by atoms with Crippen molar-refractivity contribution in [2.75, 3.05) is 0 Å². The topological polar surface area (TPSA) is 67.2 Å². The first-order chi connectivity index (χ1) is 9.02. The van der Waals surface area contributed by atoms with Crippen molar-refractivity contribution in [2.24, 2.45) is 7.05 Å². The average Bonchev–Trinajstić information content (AvgIpc) is 2.77. The van der Waals surface area contributed by atoms with Crippen LogP contribution in [-0.4, -0.2) is 38.6 Å². The lowest BCUT2D eigenvalue weighted by molar-refractivity contribution is -0.149. The van der Waals surface area contributed by atoms with Crippen LogP contribution in [0.4, 0.5) is 0 Å².